The van der Waals surface area contributed by atoms with E-state index in [9.17, 15) is 0 Å². The predicted molar refractivity (Wildman–Crippen MR) is 52.2 cm³/mol. The highest BCUT2D eigenvalue weighted by molar-refractivity contribution is 8.93. The average molecular weight is 214 g/mol. The maximum absolute atomic E-state index is 2.73. The first kappa shape index (κ1) is 12.5. The van der Waals surface area contributed by atoms with Crippen LogP contribution in [0.4, 0.5) is 0 Å². The minimum atomic E-state index is 0. The molecule has 9 heavy (non-hydrogen) atoms. The molecule has 0 aromatic carbocycles. The number of hydrogen-bond donors (Lipinski definition) is 0. The van der Waals surface area contributed by atoms with Gasteiger partial charge in [0, 0.05) is 13.1 Å². The van der Waals surface area contributed by atoms with Gasteiger partial charge in [-0.3, -0.25) is 4.67 Å². The van der Waals surface area contributed by atoms with Crippen LogP contribution in [-0.2, 0) is 0 Å². The lowest BCUT2D eigenvalue weighted by atomic mass is 10.4. The van der Waals surface area contributed by atoms with Crippen molar-refractivity contribution in [2.45, 2.75) is 26.7 Å². The molecule has 0 heterocycles. The summed E-state index contributed by atoms with van der Waals surface area (Å²) in [5.74, 6) is 0. The Bertz CT molecular complexity index is 46.3. The van der Waals surface area contributed by atoms with Gasteiger partial charge >= 0.3 is 0 Å². The van der Waals surface area contributed by atoms with Crippen LogP contribution in [0.15, 0.2) is 0 Å². The van der Waals surface area contributed by atoms with Crippen molar-refractivity contribution >= 4 is 26.4 Å². The van der Waals surface area contributed by atoms with Gasteiger partial charge in [0.15, 0.2) is 0 Å². The van der Waals surface area contributed by atoms with Crippen LogP contribution in [0.1, 0.15) is 26.7 Å². The fourth-order valence-corrected chi connectivity index (χ4v) is 1.20. The van der Waals surface area contributed by atoms with Crippen molar-refractivity contribution < 1.29 is 0 Å². The van der Waals surface area contributed by atoms with Gasteiger partial charge in [0.05, 0.1) is 0 Å². The summed E-state index contributed by atoms with van der Waals surface area (Å²) in [5.41, 5.74) is 0. The molecule has 0 spiro atoms. The lowest BCUT2D eigenvalue weighted by molar-refractivity contribution is 0.466. The van der Waals surface area contributed by atoms with Crippen molar-refractivity contribution in [1.82, 2.24) is 4.67 Å². The molecule has 0 bridgehead atoms. The zero-order valence-corrected chi connectivity index (χ0v) is 9.13. The average Bonchev–Trinajstić information content (AvgIpc) is 1.68. The number of rotatable bonds is 4. The van der Waals surface area contributed by atoms with Crippen LogP contribution in [0.25, 0.3) is 0 Å². The Morgan fingerprint density at radius 3 is 1.67 bits per heavy atom. The van der Waals surface area contributed by atoms with Crippen LogP contribution in [0.2, 0.25) is 0 Å². The van der Waals surface area contributed by atoms with Gasteiger partial charge in [0.1, 0.15) is 0 Å². The molecular weight excluding hydrogens is 197 g/mol. The van der Waals surface area contributed by atoms with Crippen molar-refractivity contribution in [3.8, 4) is 0 Å². The number of hydrogen-bond acceptors (Lipinski definition) is 1. The van der Waals surface area contributed by atoms with Crippen molar-refractivity contribution in [2.24, 2.45) is 0 Å². The van der Waals surface area contributed by atoms with Crippen molar-refractivity contribution in [1.29, 1.82) is 0 Å². The molecule has 0 aliphatic carbocycles. The van der Waals surface area contributed by atoms with E-state index < -0.39 is 0 Å². The molecule has 0 aliphatic heterocycles. The molecule has 0 radical (unpaired) electrons. The number of nitrogens with zero attached hydrogens (tertiary/aromatic N) is 1. The summed E-state index contributed by atoms with van der Waals surface area (Å²) in [6.45, 7) is 6.82. The topological polar surface area (TPSA) is 3.24 Å². The second kappa shape index (κ2) is 8.87. The van der Waals surface area contributed by atoms with E-state index in [2.05, 4.69) is 27.9 Å². The Hall–Kier alpha value is 0.870. The first-order chi connectivity index (χ1) is 3.81. The highest BCUT2D eigenvalue weighted by Crippen LogP contribution is 1.99. The van der Waals surface area contributed by atoms with E-state index in [0.717, 1.165) is 0 Å². The molecule has 0 aliphatic rings. The van der Waals surface area contributed by atoms with Gasteiger partial charge in [0.2, 0.25) is 0 Å². The molecule has 0 saturated heterocycles. The smallest absolute Gasteiger partial charge is 0.00135 e. The molecule has 0 amide bonds. The van der Waals surface area contributed by atoms with Gasteiger partial charge in [-0.2, -0.15) is 0 Å². The van der Waals surface area contributed by atoms with Crippen LogP contribution < -0.4 is 0 Å². The molecule has 3 heteroatoms. The monoisotopic (exact) mass is 213 g/mol. The van der Waals surface area contributed by atoms with Crippen molar-refractivity contribution in [2.75, 3.05) is 13.1 Å². The van der Waals surface area contributed by atoms with Crippen molar-refractivity contribution in [3.05, 3.63) is 0 Å². The Morgan fingerprint density at radius 1 is 1.11 bits per heavy atom. The van der Waals surface area contributed by atoms with Crippen LogP contribution in [0.3, 0.4) is 0 Å². The highest BCUT2D eigenvalue weighted by Gasteiger charge is 1.90. The van der Waals surface area contributed by atoms with E-state index in [-0.39, 0.29) is 17.0 Å². The molecule has 0 N–H and O–H groups in total. The highest BCUT2D eigenvalue weighted by atomic mass is 79.9. The molecule has 1 atom stereocenters. The summed E-state index contributed by atoms with van der Waals surface area (Å²) >= 11 is 0. The quantitative estimate of drug-likeness (QED) is 0.650. The zero-order valence-electron chi connectivity index (χ0n) is 6.26. The second-order valence-corrected chi connectivity index (χ2v) is 2.77. The second-order valence-electron chi connectivity index (χ2n) is 2.04. The fraction of sp³-hybridized carbons (Fsp3) is 1.00. The zero-order chi connectivity index (χ0) is 6.41. The molecule has 1 unspecified atom stereocenters. The third kappa shape index (κ3) is 8.87. The van der Waals surface area contributed by atoms with Gasteiger partial charge < -0.3 is 0 Å². The van der Waals surface area contributed by atoms with Gasteiger partial charge in [-0.25, -0.2) is 0 Å². The molecule has 0 aromatic rings. The van der Waals surface area contributed by atoms with E-state index in [1.165, 1.54) is 25.9 Å². The molecule has 0 rings (SSSR count). The van der Waals surface area contributed by atoms with Gasteiger partial charge in [-0.05, 0) is 12.8 Å². The predicted octanol–water partition coefficient (Wildman–Crippen LogP) is 2.48. The Labute approximate surface area is 71.2 Å². The Balaban J connectivity index is 0. The first-order valence-corrected chi connectivity index (χ1v) is 3.82. The maximum atomic E-state index is 2.73. The maximum Gasteiger partial charge on any atom is 0.00135 e. The van der Waals surface area contributed by atoms with E-state index in [0.29, 0.717) is 0 Å². The summed E-state index contributed by atoms with van der Waals surface area (Å²) in [6, 6.07) is 0. The largest absolute Gasteiger partial charge is 0.287 e. The standard InChI is InChI=1S/C6H16NP.BrH/c1-3-5-7(8)6-4-2;/h3-6,8H2,1-2H3;1H. The molecule has 1 nitrogen and oxygen atoms in total. The summed E-state index contributed by atoms with van der Waals surface area (Å²) < 4.78 is 2.28. The lowest BCUT2D eigenvalue weighted by Crippen LogP contribution is -2.12. The summed E-state index contributed by atoms with van der Waals surface area (Å²) in [7, 11) is 2.73. The SMILES string of the molecule is Br.CCCN(P)CCC. The lowest BCUT2D eigenvalue weighted by Gasteiger charge is -2.12. The summed E-state index contributed by atoms with van der Waals surface area (Å²) in [6.07, 6.45) is 2.51. The van der Waals surface area contributed by atoms with Crippen LogP contribution in [0, 0.1) is 0 Å². The molecular formula is C6H17BrNP. The third-order valence-electron chi connectivity index (χ3n) is 1.02. The van der Waals surface area contributed by atoms with Crippen molar-refractivity contribution in [3.63, 3.8) is 0 Å². The third-order valence-corrected chi connectivity index (χ3v) is 1.54. The molecule has 58 valence electrons. The molecule has 0 aromatic heterocycles. The minimum Gasteiger partial charge on any atom is -0.287 e. The molecule has 0 saturated carbocycles. The van der Waals surface area contributed by atoms with Gasteiger partial charge in [0.25, 0.3) is 0 Å². The summed E-state index contributed by atoms with van der Waals surface area (Å²) in [5, 5.41) is 0. The van der Waals surface area contributed by atoms with E-state index >= 15 is 0 Å². The van der Waals surface area contributed by atoms with E-state index in [4.69, 9.17) is 0 Å². The van der Waals surface area contributed by atoms with E-state index in [1.54, 1.807) is 0 Å². The van der Waals surface area contributed by atoms with E-state index in [1.807, 2.05) is 0 Å². The van der Waals surface area contributed by atoms with Crippen LogP contribution in [0.5, 0.6) is 0 Å². The Morgan fingerprint density at radius 2 is 1.44 bits per heavy atom. The Kier molecular flexibility index (Phi) is 12.4. The minimum absolute atomic E-state index is 0. The fourth-order valence-electron chi connectivity index (χ4n) is 0.686. The number of halogens is 1. The van der Waals surface area contributed by atoms with Crippen LogP contribution >= 0.6 is 26.4 Å². The molecule has 0 fully saturated rings. The van der Waals surface area contributed by atoms with Gasteiger partial charge in [-0.15, -0.1) is 17.0 Å². The van der Waals surface area contributed by atoms with Gasteiger partial charge in [-0.1, -0.05) is 23.2 Å². The normalized spacial score (nSPS) is 9.33. The van der Waals surface area contributed by atoms with Crippen LogP contribution in [-0.4, -0.2) is 17.8 Å². The first-order valence-electron chi connectivity index (χ1n) is 3.30. The summed E-state index contributed by atoms with van der Waals surface area (Å²) in [4.78, 5) is 0.